The summed E-state index contributed by atoms with van der Waals surface area (Å²) in [6.45, 7) is 0.451. The minimum absolute atomic E-state index is 0.0957. The monoisotopic (exact) mass is 384 g/mol. The van der Waals surface area contributed by atoms with Crippen LogP contribution in [-0.4, -0.2) is 31.7 Å². The molecule has 0 radical (unpaired) electrons. The number of phenolic OH excluding ortho intramolecular Hbond substituents is 1. The highest BCUT2D eigenvalue weighted by atomic mass is 32.2. The fourth-order valence-electron chi connectivity index (χ4n) is 3.04. The Balaban J connectivity index is 1.45. The summed E-state index contributed by atoms with van der Waals surface area (Å²) in [7, 11) is -1.49. The zero-order chi connectivity index (χ0) is 19.0. The van der Waals surface area contributed by atoms with Crippen molar-refractivity contribution in [3.63, 3.8) is 0 Å². The molecule has 1 fully saturated rings. The van der Waals surface area contributed by atoms with Crippen LogP contribution in [0.4, 0.5) is 0 Å². The maximum atomic E-state index is 12.6. The molecule has 2 aromatic carbocycles. The second kappa shape index (κ2) is 7.13. The maximum absolute atomic E-state index is 12.6. The van der Waals surface area contributed by atoms with Gasteiger partial charge in [-0.25, -0.2) is 14.3 Å². The second-order valence-corrected chi connectivity index (χ2v) is 7.77. The number of imidazole rings is 1. The van der Waals surface area contributed by atoms with Crippen LogP contribution < -0.4 is 10.5 Å². The number of phenols is 1. The third-order valence-corrected chi connectivity index (χ3v) is 5.44. The van der Waals surface area contributed by atoms with Gasteiger partial charge < -0.3 is 15.4 Å². The lowest BCUT2D eigenvalue weighted by Crippen LogP contribution is -2.26. The number of aromatic hydroxyl groups is 1. The molecule has 1 unspecified atom stereocenters. The van der Waals surface area contributed by atoms with Gasteiger partial charge in [-0.15, -0.1) is 0 Å². The molecular formula is C19H20N4O3S. The van der Waals surface area contributed by atoms with Crippen molar-refractivity contribution in [2.45, 2.75) is 30.1 Å². The molecular weight excluding hydrogens is 364 g/mol. The predicted octanol–water partition coefficient (Wildman–Crippen LogP) is 2.10. The molecule has 0 bridgehead atoms. The van der Waals surface area contributed by atoms with Crippen LogP contribution in [0.5, 0.6) is 5.75 Å². The Morgan fingerprint density at radius 1 is 1.26 bits per heavy atom. The van der Waals surface area contributed by atoms with Crippen LogP contribution in [0, 0.1) is 0 Å². The number of H-pyrrole nitrogens is 1. The summed E-state index contributed by atoms with van der Waals surface area (Å²) in [4.78, 5) is 20.8. The summed E-state index contributed by atoms with van der Waals surface area (Å²) in [5, 5.41) is 18.3. The van der Waals surface area contributed by atoms with E-state index in [2.05, 4.69) is 15.3 Å². The average Bonchev–Trinajstić information content (AvgIpc) is 3.41. The van der Waals surface area contributed by atoms with Gasteiger partial charge in [0.05, 0.1) is 10.5 Å². The summed E-state index contributed by atoms with van der Waals surface area (Å²) >= 11 is 0. The summed E-state index contributed by atoms with van der Waals surface area (Å²) in [6.07, 6.45) is 2.80. The van der Waals surface area contributed by atoms with Gasteiger partial charge in [0, 0.05) is 12.5 Å². The molecule has 1 aliphatic carbocycles. The SMILES string of the molecule is NS(=O)c1ccc(CCNC(=O)c2ccc(O)c3[nH]c(C4CC4)nc23)cc1. The van der Waals surface area contributed by atoms with Crippen molar-refractivity contribution in [3.8, 4) is 5.75 Å². The van der Waals surface area contributed by atoms with E-state index in [0.29, 0.717) is 40.4 Å². The van der Waals surface area contributed by atoms with Gasteiger partial charge in [-0.05, 0) is 49.1 Å². The van der Waals surface area contributed by atoms with Crippen LogP contribution in [0.1, 0.15) is 40.5 Å². The molecule has 0 spiro atoms. The number of carbonyl (C=O) groups is 1. The normalized spacial score (nSPS) is 15.0. The molecule has 1 aliphatic rings. The Hall–Kier alpha value is -2.71. The standard InChI is InChI=1S/C19H20N4O3S/c20-27(26)13-5-1-11(2-6-13)9-10-21-19(25)14-7-8-15(24)17-16(14)22-18(23-17)12-3-4-12/h1-2,5-8,12,24H,3-4,9-10,20H2,(H,21,25)(H,22,23). The number of nitrogens with two attached hydrogens (primary N) is 1. The van der Waals surface area contributed by atoms with Crippen LogP contribution in [0.15, 0.2) is 41.3 Å². The van der Waals surface area contributed by atoms with Gasteiger partial charge in [0.2, 0.25) is 0 Å². The van der Waals surface area contributed by atoms with E-state index < -0.39 is 11.0 Å². The summed E-state index contributed by atoms with van der Waals surface area (Å²) in [5.74, 6) is 1.10. The second-order valence-electron chi connectivity index (χ2n) is 6.70. The van der Waals surface area contributed by atoms with Crippen molar-refractivity contribution in [3.05, 3.63) is 53.3 Å². The largest absolute Gasteiger partial charge is 0.506 e. The lowest BCUT2D eigenvalue weighted by Gasteiger charge is -2.07. The Kier molecular flexibility index (Phi) is 4.67. The lowest BCUT2D eigenvalue weighted by molar-refractivity contribution is 0.0955. The third-order valence-electron chi connectivity index (χ3n) is 4.70. The number of rotatable bonds is 6. The van der Waals surface area contributed by atoms with Gasteiger partial charge in [0.15, 0.2) is 0 Å². The third kappa shape index (κ3) is 3.72. The van der Waals surface area contributed by atoms with Crippen LogP contribution >= 0.6 is 0 Å². The number of aromatic nitrogens is 2. The van der Waals surface area contributed by atoms with Crippen LogP contribution in [0.3, 0.4) is 0 Å². The molecule has 3 aromatic rings. The first-order chi connectivity index (χ1) is 13.0. The first-order valence-corrected chi connectivity index (χ1v) is 9.99. The van der Waals surface area contributed by atoms with Gasteiger partial charge in [-0.1, -0.05) is 12.1 Å². The van der Waals surface area contributed by atoms with Crippen molar-refractivity contribution in [1.29, 1.82) is 0 Å². The Morgan fingerprint density at radius 3 is 2.67 bits per heavy atom. The highest BCUT2D eigenvalue weighted by molar-refractivity contribution is 7.82. The fraction of sp³-hybridized carbons (Fsp3) is 0.263. The molecule has 140 valence electrons. The number of nitrogens with zero attached hydrogens (tertiary/aromatic N) is 1. The minimum Gasteiger partial charge on any atom is -0.506 e. The summed E-state index contributed by atoms with van der Waals surface area (Å²) in [6, 6.07) is 10.2. The van der Waals surface area contributed by atoms with Gasteiger partial charge in [0.1, 0.15) is 33.6 Å². The molecule has 27 heavy (non-hydrogen) atoms. The molecule has 1 atom stereocenters. The molecule has 7 nitrogen and oxygen atoms in total. The number of hydrogen-bond acceptors (Lipinski definition) is 4. The van der Waals surface area contributed by atoms with Crippen molar-refractivity contribution in [1.82, 2.24) is 15.3 Å². The molecule has 8 heteroatoms. The topological polar surface area (TPSA) is 121 Å². The van der Waals surface area contributed by atoms with E-state index in [1.807, 2.05) is 12.1 Å². The van der Waals surface area contributed by atoms with Crippen molar-refractivity contribution in [2.24, 2.45) is 5.14 Å². The zero-order valence-corrected chi connectivity index (χ0v) is 15.4. The van der Waals surface area contributed by atoms with E-state index in [9.17, 15) is 14.1 Å². The quantitative estimate of drug-likeness (QED) is 0.520. The van der Waals surface area contributed by atoms with Gasteiger partial charge in [0.25, 0.3) is 5.91 Å². The van der Waals surface area contributed by atoms with Crippen LogP contribution in [-0.2, 0) is 17.4 Å². The first kappa shape index (κ1) is 17.7. The molecule has 4 rings (SSSR count). The van der Waals surface area contributed by atoms with E-state index >= 15 is 0 Å². The number of amides is 1. The molecule has 1 heterocycles. The van der Waals surface area contributed by atoms with E-state index in [4.69, 9.17) is 5.14 Å². The number of benzene rings is 2. The van der Waals surface area contributed by atoms with E-state index in [1.54, 1.807) is 18.2 Å². The smallest absolute Gasteiger partial charge is 0.253 e. The van der Waals surface area contributed by atoms with E-state index in [0.717, 1.165) is 24.2 Å². The molecule has 1 aromatic heterocycles. The number of carbonyl (C=O) groups excluding carboxylic acids is 1. The number of fused-ring (bicyclic) bond motifs is 1. The first-order valence-electron chi connectivity index (χ1n) is 8.78. The Bertz CT molecular complexity index is 1030. The molecule has 1 saturated carbocycles. The van der Waals surface area contributed by atoms with Gasteiger partial charge in [-0.3, -0.25) is 4.79 Å². The fourth-order valence-corrected chi connectivity index (χ4v) is 3.44. The maximum Gasteiger partial charge on any atom is 0.253 e. The number of hydrogen-bond donors (Lipinski definition) is 4. The predicted molar refractivity (Wildman–Crippen MR) is 103 cm³/mol. The number of nitrogens with one attached hydrogen (secondary N) is 2. The van der Waals surface area contributed by atoms with Crippen LogP contribution in [0.25, 0.3) is 11.0 Å². The lowest BCUT2D eigenvalue weighted by atomic mass is 10.1. The minimum atomic E-state index is -1.49. The zero-order valence-electron chi connectivity index (χ0n) is 14.6. The summed E-state index contributed by atoms with van der Waals surface area (Å²) in [5.41, 5.74) is 2.47. The highest BCUT2D eigenvalue weighted by Crippen LogP contribution is 2.40. The highest BCUT2D eigenvalue weighted by Gasteiger charge is 2.28. The molecule has 0 saturated heterocycles. The molecule has 0 aliphatic heterocycles. The van der Waals surface area contributed by atoms with Crippen LogP contribution in [0.2, 0.25) is 0 Å². The van der Waals surface area contributed by atoms with Gasteiger partial charge >= 0.3 is 0 Å². The average molecular weight is 384 g/mol. The van der Waals surface area contributed by atoms with Crippen molar-refractivity contribution >= 4 is 27.9 Å². The Labute approximate surface area is 158 Å². The number of aromatic amines is 1. The van der Waals surface area contributed by atoms with Gasteiger partial charge in [-0.2, -0.15) is 0 Å². The summed E-state index contributed by atoms with van der Waals surface area (Å²) < 4.78 is 11.2. The van der Waals surface area contributed by atoms with Crippen molar-refractivity contribution in [2.75, 3.05) is 6.54 Å². The Morgan fingerprint density at radius 2 is 2.00 bits per heavy atom. The molecule has 5 N–H and O–H groups in total. The van der Waals surface area contributed by atoms with E-state index in [1.165, 1.54) is 6.07 Å². The van der Waals surface area contributed by atoms with Crippen molar-refractivity contribution < 1.29 is 14.1 Å². The molecule has 1 amide bonds. The van der Waals surface area contributed by atoms with E-state index in [-0.39, 0.29) is 11.7 Å².